The van der Waals surface area contributed by atoms with Crippen molar-refractivity contribution in [1.82, 2.24) is 4.57 Å². The fourth-order valence-corrected chi connectivity index (χ4v) is 2.90. The molecule has 3 rings (SSSR count). The first-order valence-corrected chi connectivity index (χ1v) is 6.93. The number of nitrogens with one attached hydrogen (secondary N) is 1. The van der Waals surface area contributed by atoms with E-state index in [2.05, 4.69) is 11.4 Å². The van der Waals surface area contributed by atoms with Crippen molar-refractivity contribution >= 4 is 16.8 Å². The molecule has 5 nitrogen and oxygen atoms in total. The quantitative estimate of drug-likeness (QED) is 0.911. The summed E-state index contributed by atoms with van der Waals surface area (Å²) in [5.41, 5.74) is 1.69. The zero-order valence-electron chi connectivity index (χ0n) is 11.5. The van der Waals surface area contributed by atoms with Crippen molar-refractivity contribution in [3.63, 3.8) is 0 Å². The first-order chi connectivity index (χ1) is 9.63. The van der Waals surface area contributed by atoms with Crippen LogP contribution in [-0.4, -0.2) is 10.1 Å². The number of anilines is 1. The smallest absolute Gasteiger partial charge is 0.408 e. The number of nitriles is 1. The number of oxazole rings is 1. The van der Waals surface area contributed by atoms with Crippen LogP contribution in [0.3, 0.4) is 0 Å². The maximum atomic E-state index is 11.5. The lowest BCUT2D eigenvalue weighted by molar-refractivity contribution is 0.393. The average Bonchev–Trinajstić information content (AvgIpc) is 2.75. The third kappa shape index (κ3) is 2.07. The fourth-order valence-electron chi connectivity index (χ4n) is 2.90. The molecule has 1 aromatic carbocycles. The summed E-state index contributed by atoms with van der Waals surface area (Å²) in [6.45, 7) is 0. The largest absolute Gasteiger partial charge is 0.419 e. The minimum atomic E-state index is -0.478. The number of nitrogens with zero attached hydrogens (tertiary/aromatic N) is 2. The van der Waals surface area contributed by atoms with Gasteiger partial charge in [0.15, 0.2) is 5.58 Å². The number of aromatic nitrogens is 1. The Bertz CT molecular complexity index is 730. The summed E-state index contributed by atoms with van der Waals surface area (Å²) in [5, 5.41) is 12.8. The van der Waals surface area contributed by atoms with Crippen LogP contribution in [0.2, 0.25) is 0 Å². The van der Waals surface area contributed by atoms with Gasteiger partial charge in [0.25, 0.3) is 0 Å². The van der Waals surface area contributed by atoms with Gasteiger partial charge in [0.1, 0.15) is 5.54 Å². The van der Waals surface area contributed by atoms with E-state index in [1.165, 1.54) is 11.0 Å². The van der Waals surface area contributed by atoms with Gasteiger partial charge in [-0.2, -0.15) is 5.26 Å². The molecule has 0 amide bonds. The van der Waals surface area contributed by atoms with Crippen LogP contribution in [0.1, 0.15) is 32.1 Å². The van der Waals surface area contributed by atoms with Crippen molar-refractivity contribution < 1.29 is 4.42 Å². The molecule has 20 heavy (non-hydrogen) atoms. The Balaban J connectivity index is 1.96. The minimum absolute atomic E-state index is 0.371. The van der Waals surface area contributed by atoms with Crippen LogP contribution in [0, 0.1) is 11.3 Å². The summed E-state index contributed by atoms with van der Waals surface area (Å²) < 4.78 is 6.58. The van der Waals surface area contributed by atoms with E-state index < -0.39 is 5.54 Å². The highest BCUT2D eigenvalue weighted by molar-refractivity contribution is 5.78. The molecule has 104 valence electrons. The molecule has 1 heterocycles. The van der Waals surface area contributed by atoms with E-state index in [9.17, 15) is 10.1 Å². The van der Waals surface area contributed by atoms with Gasteiger partial charge in [0, 0.05) is 12.7 Å². The van der Waals surface area contributed by atoms with Gasteiger partial charge in [-0.05, 0) is 31.0 Å². The molecule has 0 bridgehead atoms. The third-order valence-corrected chi connectivity index (χ3v) is 4.10. The van der Waals surface area contributed by atoms with Gasteiger partial charge in [-0.1, -0.05) is 19.3 Å². The summed E-state index contributed by atoms with van der Waals surface area (Å²) in [7, 11) is 1.68. The standard InChI is InChI=1S/C15H17N3O2/c1-18-12-9-11(5-6-13(12)20-14(18)19)17-15(10-16)7-3-2-4-8-15/h5-6,9,17H,2-4,7-8H2,1H3. The molecule has 2 aromatic rings. The molecular weight excluding hydrogens is 254 g/mol. The lowest BCUT2D eigenvalue weighted by Crippen LogP contribution is -2.38. The van der Waals surface area contributed by atoms with Crippen molar-refractivity contribution in [3.05, 3.63) is 28.7 Å². The number of aryl methyl sites for hydroxylation is 1. The molecule has 5 heteroatoms. The first kappa shape index (κ1) is 12.8. The molecule has 0 saturated heterocycles. The molecule has 0 spiro atoms. The number of fused-ring (bicyclic) bond motifs is 1. The first-order valence-electron chi connectivity index (χ1n) is 6.93. The number of hydrogen-bond acceptors (Lipinski definition) is 4. The highest BCUT2D eigenvalue weighted by Gasteiger charge is 2.31. The van der Waals surface area contributed by atoms with E-state index in [4.69, 9.17) is 4.42 Å². The van der Waals surface area contributed by atoms with Gasteiger partial charge in [-0.3, -0.25) is 4.57 Å². The summed E-state index contributed by atoms with van der Waals surface area (Å²) in [6, 6.07) is 7.93. The van der Waals surface area contributed by atoms with Crippen molar-refractivity contribution in [3.8, 4) is 6.07 Å². The molecule has 1 fully saturated rings. The van der Waals surface area contributed by atoms with Crippen LogP contribution in [0.15, 0.2) is 27.4 Å². The summed E-state index contributed by atoms with van der Waals surface area (Å²) in [4.78, 5) is 11.5. The minimum Gasteiger partial charge on any atom is -0.408 e. The second-order valence-electron chi connectivity index (χ2n) is 5.49. The van der Waals surface area contributed by atoms with Crippen molar-refractivity contribution in [1.29, 1.82) is 5.26 Å². The normalized spacial score (nSPS) is 17.8. The molecule has 0 radical (unpaired) electrons. The maximum absolute atomic E-state index is 11.5. The number of hydrogen-bond donors (Lipinski definition) is 1. The summed E-state index contributed by atoms with van der Waals surface area (Å²) in [5.74, 6) is -0.371. The summed E-state index contributed by atoms with van der Waals surface area (Å²) in [6.07, 6.45) is 5.08. The van der Waals surface area contributed by atoms with Gasteiger partial charge < -0.3 is 9.73 Å². The Kier molecular flexibility index (Phi) is 3.01. The summed E-state index contributed by atoms with van der Waals surface area (Å²) >= 11 is 0. The third-order valence-electron chi connectivity index (χ3n) is 4.10. The second-order valence-corrected chi connectivity index (χ2v) is 5.49. The Labute approximate surface area is 116 Å². The van der Waals surface area contributed by atoms with Crippen LogP contribution >= 0.6 is 0 Å². The molecule has 0 atom stereocenters. The zero-order chi connectivity index (χ0) is 14.2. The SMILES string of the molecule is Cn1c(=O)oc2ccc(NC3(C#N)CCCCC3)cc21. The Hall–Kier alpha value is -2.22. The molecule has 0 unspecified atom stereocenters. The predicted molar refractivity (Wildman–Crippen MR) is 76.5 cm³/mol. The van der Waals surface area contributed by atoms with E-state index in [-0.39, 0.29) is 5.76 Å². The molecule has 1 saturated carbocycles. The number of benzene rings is 1. The fraction of sp³-hybridized carbons (Fsp3) is 0.467. The van der Waals surface area contributed by atoms with Crippen molar-refractivity contribution in [2.45, 2.75) is 37.6 Å². The zero-order valence-corrected chi connectivity index (χ0v) is 11.5. The van der Waals surface area contributed by atoms with E-state index in [1.807, 2.05) is 12.1 Å². The van der Waals surface area contributed by atoms with Crippen LogP contribution < -0.4 is 11.1 Å². The number of rotatable bonds is 2. The van der Waals surface area contributed by atoms with E-state index in [0.29, 0.717) is 5.58 Å². The van der Waals surface area contributed by atoms with E-state index in [0.717, 1.165) is 36.9 Å². The Morgan fingerprint density at radius 3 is 2.80 bits per heavy atom. The van der Waals surface area contributed by atoms with Crippen LogP contribution in [0.4, 0.5) is 5.69 Å². The molecular formula is C15H17N3O2. The van der Waals surface area contributed by atoms with Crippen molar-refractivity contribution in [2.75, 3.05) is 5.32 Å². The van der Waals surface area contributed by atoms with E-state index in [1.54, 1.807) is 13.1 Å². The van der Waals surface area contributed by atoms with Gasteiger partial charge in [-0.25, -0.2) is 4.79 Å². The predicted octanol–water partition coefficient (Wildman–Crippen LogP) is 2.77. The van der Waals surface area contributed by atoms with Gasteiger partial charge in [0.05, 0.1) is 11.6 Å². The lowest BCUT2D eigenvalue weighted by atomic mass is 9.82. The topological polar surface area (TPSA) is 71.0 Å². The highest BCUT2D eigenvalue weighted by Crippen LogP contribution is 2.32. The molecule has 1 aliphatic carbocycles. The lowest BCUT2D eigenvalue weighted by Gasteiger charge is -2.32. The van der Waals surface area contributed by atoms with Crippen LogP contribution in [0.25, 0.3) is 11.1 Å². The van der Waals surface area contributed by atoms with Gasteiger partial charge in [-0.15, -0.1) is 0 Å². The average molecular weight is 271 g/mol. The van der Waals surface area contributed by atoms with E-state index >= 15 is 0 Å². The van der Waals surface area contributed by atoms with Crippen LogP contribution in [-0.2, 0) is 7.05 Å². The van der Waals surface area contributed by atoms with Crippen molar-refractivity contribution in [2.24, 2.45) is 7.05 Å². The Morgan fingerprint density at radius 2 is 2.10 bits per heavy atom. The molecule has 0 aliphatic heterocycles. The van der Waals surface area contributed by atoms with Gasteiger partial charge >= 0.3 is 5.76 Å². The molecule has 1 N–H and O–H groups in total. The monoisotopic (exact) mass is 271 g/mol. The molecule has 1 aromatic heterocycles. The Morgan fingerprint density at radius 1 is 1.35 bits per heavy atom. The second kappa shape index (κ2) is 4.71. The molecule has 1 aliphatic rings. The van der Waals surface area contributed by atoms with Crippen LogP contribution in [0.5, 0.6) is 0 Å². The van der Waals surface area contributed by atoms with Gasteiger partial charge in [0.2, 0.25) is 0 Å². The highest BCUT2D eigenvalue weighted by atomic mass is 16.4. The maximum Gasteiger partial charge on any atom is 0.419 e.